The van der Waals surface area contributed by atoms with E-state index in [0.29, 0.717) is 0 Å². The molecular formula is C11H18N4O2S. The lowest BCUT2D eigenvalue weighted by Crippen LogP contribution is -2.43. The van der Waals surface area contributed by atoms with Gasteiger partial charge in [0.15, 0.2) is 0 Å². The minimum Gasteiger partial charge on any atom is -0.383 e. The Balaban J connectivity index is 2.11. The van der Waals surface area contributed by atoms with Crippen LogP contribution < -0.4 is 10.5 Å². The summed E-state index contributed by atoms with van der Waals surface area (Å²) >= 11 is 0. The molecular weight excluding hydrogens is 252 g/mol. The third-order valence-electron chi connectivity index (χ3n) is 3.13. The minimum atomic E-state index is -3.56. The molecule has 0 amide bonds. The fourth-order valence-electron chi connectivity index (χ4n) is 2.04. The van der Waals surface area contributed by atoms with Gasteiger partial charge in [0.05, 0.1) is 0 Å². The monoisotopic (exact) mass is 270 g/mol. The van der Waals surface area contributed by atoms with Gasteiger partial charge in [0.2, 0.25) is 10.0 Å². The van der Waals surface area contributed by atoms with Crippen LogP contribution in [0.4, 0.5) is 5.82 Å². The number of hydrogen-bond donors (Lipinski definition) is 2. The predicted molar refractivity (Wildman–Crippen MR) is 69.5 cm³/mol. The van der Waals surface area contributed by atoms with Crippen LogP contribution in [0.1, 0.15) is 12.8 Å². The molecule has 18 heavy (non-hydrogen) atoms. The highest BCUT2D eigenvalue weighted by molar-refractivity contribution is 7.89. The largest absolute Gasteiger partial charge is 0.383 e. The number of anilines is 1. The maximum absolute atomic E-state index is 12.2. The third kappa shape index (κ3) is 2.98. The fourth-order valence-corrected chi connectivity index (χ4v) is 3.43. The van der Waals surface area contributed by atoms with Crippen LogP contribution in [0.15, 0.2) is 23.2 Å². The molecule has 2 heterocycles. The molecule has 0 saturated carbocycles. The van der Waals surface area contributed by atoms with Crippen molar-refractivity contribution in [2.45, 2.75) is 23.8 Å². The van der Waals surface area contributed by atoms with Crippen LogP contribution in [0, 0.1) is 0 Å². The van der Waals surface area contributed by atoms with E-state index < -0.39 is 10.0 Å². The van der Waals surface area contributed by atoms with E-state index in [1.165, 1.54) is 12.3 Å². The van der Waals surface area contributed by atoms with Crippen molar-refractivity contribution in [3.05, 3.63) is 18.3 Å². The van der Waals surface area contributed by atoms with Gasteiger partial charge in [0.1, 0.15) is 10.7 Å². The summed E-state index contributed by atoms with van der Waals surface area (Å²) in [5, 5.41) is 0. The first-order valence-electron chi connectivity index (χ1n) is 5.90. The Hall–Kier alpha value is -1.18. The fraction of sp³-hybridized carbons (Fsp3) is 0.545. The second-order valence-electron chi connectivity index (χ2n) is 4.59. The van der Waals surface area contributed by atoms with Crippen LogP contribution in [0.25, 0.3) is 0 Å². The highest BCUT2D eigenvalue weighted by atomic mass is 32.2. The molecule has 2 rings (SSSR count). The van der Waals surface area contributed by atoms with Gasteiger partial charge in [-0.3, -0.25) is 0 Å². The second kappa shape index (κ2) is 5.21. The molecule has 1 aromatic heterocycles. The number of rotatable bonds is 3. The lowest BCUT2D eigenvalue weighted by atomic mass is 10.1. The lowest BCUT2D eigenvalue weighted by Gasteiger charge is -2.29. The number of piperidine rings is 1. The summed E-state index contributed by atoms with van der Waals surface area (Å²) in [6.07, 6.45) is 3.11. The van der Waals surface area contributed by atoms with Crippen molar-refractivity contribution >= 4 is 15.8 Å². The summed E-state index contributed by atoms with van der Waals surface area (Å²) in [5.41, 5.74) is 5.60. The number of nitrogens with zero attached hydrogens (tertiary/aromatic N) is 2. The van der Waals surface area contributed by atoms with Gasteiger partial charge < -0.3 is 10.6 Å². The smallest absolute Gasteiger partial charge is 0.244 e. The summed E-state index contributed by atoms with van der Waals surface area (Å²) in [6.45, 7) is 1.80. The Kier molecular flexibility index (Phi) is 3.84. The molecule has 7 heteroatoms. The van der Waals surface area contributed by atoms with Gasteiger partial charge in [0.25, 0.3) is 0 Å². The van der Waals surface area contributed by atoms with Gasteiger partial charge in [0, 0.05) is 12.2 Å². The van der Waals surface area contributed by atoms with Gasteiger partial charge in [-0.2, -0.15) is 0 Å². The number of hydrogen-bond acceptors (Lipinski definition) is 5. The number of sulfonamides is 1. The highest BCUT2D eigenvalue weighted by Crippen LogP contribution is 2.17. The van der Waals surface area contributed by atoms with Crippen molar-refractivity contribution in [3.63, 3.8) is 0 Å². The van der Waals surface area contributed by atoms with Gasteiger partial charge in [-0.25, -0.2) is 18.1 Å². The van der Waals surface area contributed by atoms with Crippen molar-refractivity contribution in [2.24, 2.45) is 0 Å². The summed E-state index contributed by atoms with van der Waals surface area (Å²) in [6, 6.07) is 3.02. The van der Waals surface area contributed by atoms with E-state index in [-0.39, 0.29) is 16.8 Å². The average Bonchev–Trinajstić information content (AvgIpc) is 2.32. The normalized spacial score (nSPS) is 18.9. The molecule has 6 nitrogen and oxygen atoms in total. The Bertz CT molecular complexity index is 510. The quantitative estimate of drug-likeness (QED) is 0.809. The average molecular weight is 270 g/mol. The van der Waals surface area contributed by atoms with Gasteiger partial charge >= 0.3 is 0 Å². The number of aromatic nitrogens is 1. The number of pyridine rings is 1. The molecule has 1 aliphatic rings. The highest BCUT2D eigenvalue weighted by Gasteiger charge is 2.24. The summed E-state index contributed by atoms with van der Waals surface area (Å²) in [5.74, 6) is 0.0397. The van der Waals surface area contributed by atoms with Crippen molar-refractivity contribution in [2.75, 3.05) is 25.9 Å². The van der Waals surface area contributed by atoms with Gasteiger partial charge in [-0.05, 0) is 45.1 Å². The van der Waals surface area contributed by atoms with Crippen molar-refractivity contribution in [1.29, 1.82) is 0 Å². The molecule has 100 valence electrons. The van der Waals surface area contributed by atoms with Gasteiger partial charge in [-0.15, -0.1) is 0 Å². The van der Waals surface area contributed by atoms with E-state index in [4.69, 9.17) is 5.73 Å². The molecule has 1 fully saturated rings. The number of nitrogen functional groups attached to an aromatic ring is 1. The third-order valence-corrected chi connectivity index (χ3v) is 4.70. The zero-order valence-corrected chi connectivity index (χ0v) is 11.2. The number of nitrogens with one attached hydrogen (secondary N) is 1. The van der Waals surface area contributed by atoms with Crippen molar-refractivity contribution in [3.8, 4) is 0 Å². The number of nitrogens with two attached hydrogens (primary N) is 1. The summed E-state index contributed by atoms with van der Waals surface area (Å²) < 4.78 is 27.0. The van der Waals surface area contributed by atoms with Crippen LogP contribution in [0.5, 0.6) is 0 Å². The zero-order chi connectivity index (χ0) is 13.2. The van der Waals surface area contributed by atoms with E-state index in [1.54, 1.807) is 6.07 Å². The summed E-state index contributed by atoms with van der Waals surface area (Å²) in [4.78, 5) is 6.04. The summed E-state index contributed by atoms with van der Waals surface area (Å²) in [7, 11) is -1.53. The molecule has 0 radical (unpaired) electrons. The van der Waals surface area contributed by atoms with E-state index in [9.17, 15) is 8.42 Å². The number of likely N-dealkylation sites (tertiary alicyclic amines) is 1. The van der Waals surface area contributed by atoms with E-state index >= 15 is 0 Å². The lowest BCUT2D eigenvalue weighted by molar-refractivity contribution is 0.248. The van der Waals surface area contributed by atoms with Gasteiger partial charge in [-0.1, -0.05) is 0 Å². The first-order valence-corrected chi connectivity index (χ1v) is 7.39. The maximum atomic E-state index is 12.2. The zero-order valence-electron chi connectivity index (χ0n) is 10.3. The molecule has 1 aromatic rings. The Labute approximate surface area is 107 Å². The van der Waals surface area contributed by atoms with Crippen LogP contribution in [-0.2, 0) is 10.0 Å². The Morgan fingerprint density at radius 2 is 2.11 bits per heavy atom. The molecule has 0 spiro atoms. The van der Waals surface area contributed by atoms with Crippen LogP contribution in [0.3, 0.4) is 0 Å². The molecule has 0 bridgehead atoms. The molecule has 0 aliphatic carbocycles. The van der Waals surface area contributed by atoms with Crippen LogP contribution >= 0.6 is 0 Å². The first kappa shape index (κ1) is 13.3. The second-order valence-corrected chi connectivity index (χ2v) is 6.27. The molecule has 3 N–H and O–H groups in total. The molecule has 0 atom stereocenters. The topological polar surface area (TPSA) is 88.3 Å². The molecule has 0 aromatic carbocycles. The van der Waals surface area contributed by atoms with Crippen LogP contribution in [-0.4, -0.2) is 44.5 Å². The Morgan fingerprint density at radius 1 is 1.44 bits per heavy atom. The van der Waals surface area contributed by atoms with E-state index in [0.717, 1.165) is 25.9 Å². The van der Waals surface area contributed by atoms with Crippen LogP contribution in [0.2, 0.25) is 0 Å². The molecule has 0 unspecified atom stereocenters. The van der Waals surface area contributed by atoms with E-state index in [2.05, 4.69) is 14.6 Å². The minimum absolute atomic E-state index is 0.0224. The SMILES string of the molecule is CN1CCC(NS(=O)(=O)c2cccnc2N)CC1. The molecule has 1 saturated heterocycles. The Morgan fingerprint density at radius 3 is 2.72 bits per heavy atom. The van der Waals surface area contributed by atoms with Crippen molar-refractivity contribution in [1.82, 2.24) is 14.6 Å². The standard InChI is InChI=1S/C11H18N4O2S/c1-15-7-4-9(5-8-15)14-18(16,17)10-3-2-6-13-11(10)12/h2-3,6,9,14H,4-5,7-8H2,1H3,(H2,12,13). The predicted octanol–water partition coefficient (Wildman–Crippen LogP) is 0.0363. The van der Waals surface area contributed by atoms with Crippen molar-refractivity contribution < 1.29 is 8.42 Å². The van der Waals surface area contributed by atoms with E-state index in [1.807, 2.05) is 7.05 Å². The maximum Gasteiger partial charge on any atom is 0.244 e. The molecule has 1 aliphatic heterocycles. The first-order chi connectivity index (χ1) is 8.49.